The molecule has 3 saturated carbocycles. The Balaban J connectivity index is 1.74. The van der Waals surface area contributed by atoms with Gasteiger partial charge >= 0.3 is 17.9 Å². The molecule has 0 amide bonds. The lowest BCUT2D eigenvalue weighted by Crippen LogP contribution is -2.79. The second-order valence-corrected chi connectivity index (χ2v) is 14.6. The van der Waals surface area contributed by atoms with E-state index >= 15 is 0 Å². The molecule has 0 spiro atoms. The fraction of sp³-hybridized carbons (Fsp3) is 0.629. The number of hydrogen-bond acceptors (Lipinski definition) is 10. The molecular weight excluding hydrogens is 580 g/mol. The van der Waals surface area contributed by atoms with Crippen LogP contribution in [0.3, 0.4) is 0 Å². The molecule has 0 aromatic carbocycles. The van der Waals surface area contributed by atoms with Gasteiger partial charge in [-0.05, 0) is 72.6 Å². The molecule has 1 aromatic heterocycles. The summed E-state index contributed by atoms with van der Waals surface area (Å²) in [5, 5.41) is 13.2. The van der Waals surface area contributed by atoms with Crippen LogP contribution in [0.2, 0.25) is 0 Å². The van der Waals surface area contributed by atoms with Crippen molar-refractivity contribution in [1.82, 2.24) is 0 Å². The molecule has 1 aliphatic heterocycles. The van der Waals surface area contributed by atoms with Gasteiger partial charge in [0.15, 0.2) is 23.3 Å². The van der Waals surface area contributed by atoms with E-state index in [0.717, 1.165) is 0 Å². The van der Waals surface area contributed by atoms with Crippen LogP contribution in [0, 0.1) is 33.0 Å². The van der Waals surface area contributed by atoms with Crippen LogP contribution in [0.1, 0.15) is 92.2 Å². The molecular formula is C35H42O10. The molecule has 9 atom stereocenters. The minimum atomic E-state index is -2.47. The average molecular weight is 623 g/mol. The molecule has 4 fully saturated rings. The number of carbonyl (C=O) groups excluding carboxylic acids is 5. The standard InChI is InChI=1S/C35H42O10/c1-9-18(2)26(39)34-17-31(5)29(40)35(34,41)28(44-19(3)36)25-21(33(34,7)32(31,6)15-24(38)42-8)10-12-30(4)22(25)14-23(37)45-27(30)20-11-13-43-16-20/h9,11,13,16,21,27-28,41H,10,12,14-15,17H2,1-8H3/b18-9+/t21-,27-,28+,30+,31-,32-,33+,34+,35+/m0/s1. The van der Waals surface area contributed by atoms with Crippen molar-refractivity contribution in [2.45, 2.75) is 98.4 Å². The quantitative estimate of drug-likeness (QED) is 0.204. The number of ether oxygens (including phenoxy) is 3. The summed E-state index contributed by atoms with van der Waals surface area (Å²) in [6.07, 6.45) is 3.05. The third-order valence-corrected chi connectivity index (χ3v) is 13.3. The molecule has 4 aliphatic carbocycles. The second-order valence-electron chi connectivity index (χ2n) is 14.6. The molecule has 5 aliphatic rings. The highest BCUT2D eigenvalue weighted by Crippen LogP contribution is 2.87. The summed E-state index contributed by atoms with van der Waals surface area (Å²) in [7, 11) is 1.29. The Kier molecular flexibility index (Phi) is 6.64. The summed E-state index contributed by atoms with van der Waals surface area (Å²) < 4.78 is 22.4. The highest BCUT2D eigenvalue weighted by atomic mass is 16.6. The zero-order valence-corrected chi connectivity index (χ0v) is 27.2. The van der Waals surface area contributed by atoms with E-state index in [9.17, 15) is 29.1 Å². The first kappa shape index (κ1) is 31.5. The van der Waals surface area contributed by atoms with Crippen LogP contribution >= 0.6 is 0 Å². The number of methoxy groups -OCH3 is 1. The van der Waals surface area contributed by atoms with E-state index in [1.54, 1.807) is 32.9 Å². The van der Waals surface area contributed by atoms with Crippen molar-refractivity contribution in [2.75, 3.05) is 7.11 Å². The second kappa shape index (κ2) is 9.50. The summed E-state index contributed by atoms with van der Waals surface area (Å²) in [4.78, 5) is 69.3. The maximum absolute atomic E-state index is 15.0. The summed E-state index contributed by atoms with van der Waals surface area (Å²) in [5.41, 5.74) is -6.62. The zero-order valence-electron chi connectivity index (χ0n) is 27.2. The lowest BCUT2D eigenvalue weighted by molar-refractivity contribution is -0.251. The highest BCUT2D eigenvalue weighted by molar-refractivity contribution is 6.13. The van der Waals surface area contributed by atoms with E-state index in [1.807, 2.05) is 20.8 Å². The third kappa shape index (κ3) is 3.31. The summed E-state index contributed by atoms with van der Waals surface area (Å²) >= 11 is 0. The molecule has 1 N–H and O–H groups in total. The molecule has 10 heteroatoms. The van der Waals surface area contributed by atoms with Crippen LogP contribution < -0.4 is 0 Å². The van der Waals surface area contributed by atoms with Crippen molar-refractivity contribution in [2.24, 2.45) is 33.0 Å². The molecule has 1 saturated heterocycles. The predicted octanol–water partition coefficient (Wildman–Crippen LogP) is 4.75. The normalized spacial score (nSPS) is 43.4. The van der Waals surface area contributed by atoms with E-state index < -0.39 is 80.3 Å². The lowest BCUT2D eigenvalue weighted by atomic mass is 9.33. The van der Waals surface area contributed by atoms with Gasteiger partial charge in [0, 0.05) is 23.3 Å². The number of rotatable bonds is 6. The third-order valence-electron chi connectivity index (χ3n) is 13.3. The smallest absolute Gasteiger partial charge is 0.310 e. The van der Waals surface area contributed by atoms with Crippen LogP contribution in [0.5, 0.6) is 0 Å². The molecule has 1 aromatic rings. The van der Waals surface area contributed by atoms with Gasteiger partial charge in [-0.25, -0.2) is 0 Å². The first-order chi connectivity index (χ1) is 21.0. The Morgan fingerprint density at radius 3 is 2.40 bits per heavy atom. The number of esters is 3. The molecule has 2 heterocycles. The van der Waals surface area contributed by atoms with Gasteiger partial charge in [0.2, 0.25) is 0 Å². The van der Waals surface area contributed by atoms with Crippen molar-refractivity contribution in [3.05, 3.63) is 47.0 Å². The number of Topliss-reactive ketones (excluding diaryl/α,β-unsaturated/α-hetero) is 2. The largest absolute Gasteiger partial charge is 0.472 e. The highest BCUT2D eigenvalue weighted by Gasteiger charge is 2.94. The molecule has 242 valence electrons. The van der Waals surface area contributed by atoms with Gasteiger partial charge in [-0.1, -0.05) is 33.8 Å². The first-order valence-corrected chi connectivity index (χ1v) is 15.6. The Morgan fingerprint density at radius 1 is 1.13 bits per heavy atom. The molecule has 2 bridgehead atoms. The minimum Gasteiger partial charge on any atom is -0.472 e. The van der Waals surface area contributed by atoms with E-state index in [-0.39, 0.29) is 19.3 Å². The van der Waals surface area contributed by atoms with Gasteiger partial charge in [-0.2, -0.15) is 0 Å². The van der Waals surface area contributed by atoms with Crippen LogP contribution in [0.15, 0.2) is 45.8 Å². The number of carbonyl (C=O) groups is 5. The van der Waals surface area contributed by atoms with Crippen LogP contribution in [0.4, 0.5) is 0 Å². The van der Waals surface area contributed by atoms with Crippen LogP contribution in [-0.4, -0.2) is 53.4 Å². The number of aliphatic hydroxyl groups is 1. The Labute approximate surface area is 262 Å². The Bertz CT molecular complexity index is 1600. The molecule has 6 rings (SSSR count). The maximum atomic E-state index is 15.0. The van der Waals surface area contributed by atoms with Gasteiger partial charge < -0.3 is 23.7 Å². The van der Waals surface area contributed by atoms with Gasteiger partial charge in [-0.15, -0.1) is 0 Å². The summed E-state index contributed by atoms with van der Waals surface area (Å²) in [6.45, 7) is 12.0. The van der Waals surface area contributed by atoms with E-state index in [0.29, 0.717) is 35.1 Å². The zero-order chi connectivity index (χ0) is 33.1. The Morgan fingerprint density at radius 2 is 1.82 bits per heavy atom. The molecule has 0 radical (unpaired) electrons. The monoisotopic (exact) mass is 622 g/mol. The van der Waals surface area contributed by atoms with Crippen LogP contribution in [0.25, 0.3) is 0 Å². The average Bonchev–Trinajstić information content (AvgIpc) is 3.63. The number of allylic oxidation sites excluding steroid dienone is 2. The minimum absolute atomic E-state index is 0.0306. The number of cyclic esters (lactones) is 1. The van der Waals surface area contributed by atoms with Gasteiger partial charge in [-0.3, -0.25) is 24.0 Å². The van der Waals surface area contributed by atoms with E-state index in [4.69, 9.17) is 18.6 Å². The maximum Gasteiger partial charge on any atom is 0.310 e. The lowest BCUT2D eigenvalue weighted by Gasteiger charge is -2.70. The van der Waals surface area contributed by atoms with Crippen molar-refractivity contribution >= 4 is 29.5 Å². The summed E-state index contributed by atoms with van der Waals surface area (Å²) in [6, 6.07) is 1.73. The van der Waals surface area contributed by atoms with Crippen molar-refractivity contribution in [3.63, 3.8) is 0 Å². The number of hydrogen-bond donors (Lipinski definition) is 1. The molecule has 0 unspecified atom stereocenters. The van der Waals surface area contributed by atoms with Gasteiger partial charge in [0.1, 0.15) is 6.10 Å². The number of fused-ring (bicyclic) bond motifs is 4. The van der Waals surface area contributed by atoms with Crippen molar-refractivity contribution < 1.29 is 47.7 Å². The fourth-order valence-electron chi connectivity index (χ4n) is 10.8. The Hall–Kier alpha value is -3.53. The SMILES string of the molecule is C/C=C(\C)C(=O)[C@@]12C[C@@]3(C)C(=O)[C@]1(O)[C@H](OC(C)=O)C1=C4CC(=O)O[C@@H](c5ccoc5)[C@]4(C)CC[C@@H]1[C@]2(C)[C@@]3(C)CC(=O)OC. The number of furan rings is 1. The van der Waals surface area contributed by atoms with Gasteiger partial charge in [0.05, 0.1) is 37.9 Å². The number of ketones is 2. The first-order valence-electron chi connectivity index (χ1n) is 15.6. The van der Waals surface area contributed by atoms with Crippen molar-refractivity contribution in [3.8, 4) is 0 Å². The van der Waals surface area contributed by atoms with E-state index in [1.165, 1.54) is 26.6 Å². The van der Waals surface area contributed by atoms with Crippen molar-refractivity contribution in [1.29, 1.82) is 0 Å². The molecule has 10 nitrogen and oxygen atoms in total. The van der Waals surface area contributed by atoms with Gasteiger partial charge in [0.25, 0.3) is 0 Å². The predicted molar refractivity (Wildman–Crippen MR) is 158 cm³/mol. The molecule has 45 heavy (non-hydrogen) atoms. The fourth-order valence-corrected chi connectivity index (χ4v) is 10.8. The van der Waals surface area contributed by atoms with E-state index in [2.05, 4.69) is 0 Å². The summed E-state index contributed by atoms with van der Waals surface area (Å²) in [5.74, 6) is -3.37. The van der Waals surface area contributed by atoms with Crippen LogP contribution in [-0.2, 0) is 38.2 Å². The topological polar surface area (TPSA) is 146 Å².